The van der Waals surface area contributed by atoms with E-state index in [1.165, 1.54) is 0 Å². The second-order valence-corrected chi connectivity index (χ2v) is 8.86. The first kappa shape index (κ1) is 22.7. The van der Waals surface area contributed by atoms with Crippen LogP contribution in [0.25, 0.3) is 11.0 Å². The molecule has 8 nitrogen and oxygen atoms in total. The van der Waals surface area contributed by atoms with Crippen molar-refractivity contribution in [1.29, 1.82) is 0 Å². The molecule has 1 aliphatic rings. The molecule has 2 N–H and O–H groups in total. The molecule has 35 heavy (non-hydrogen) atoms. The Morgan fingerprint density at radius 2 is 1.66 bits per heavy atom. The van der Waals surface area contributed by atoms with Gasteiger partial charge in [-0.15, -0.1) is 0 Å². The van der Waals surface area contributed by atoms with Crippen molar-refractivity contribution in [2.24, 2.45) is 0 Å². The Morgan fingerprint density at radius 1 is 0.943 bits per heavy atom. The van der Waals surface area contributed by atoms with Gasteiger partial charge in [-0.2, -0.15) is 5.10 Å². The summed E-state index contributed by atoms with van der Waals surface area (Å²) in [5.74, 6) is -0.152. The van der Waals surface area contributed by atoms with Crippen LogP contribution >= 0.6 is 0 Å². The number of amides is 2. The van der Waals surface area contributed by atoms with Crippen molar-refractivity contribution in [3.63, 3.8) is 0 Å². The third-order valence-corrected chi connectivity index (χ3v) is 6.26. The maximum Gasteiger partial charge on any atom is 0.253 e. The van der Waals surface area contributed by atoms with E-state index in [1.54, 1.807) is 12.4 Å². The van der Waals surface area contributed by atoms with Crippen molar-refractivity contribution in [2.75, 3.05) is 25.0 Å². The number of fused-ring (bicyclic) bond motifs is 1. The van der Waals surface area contributed by atoms with Gasteiger partial charge in [0, 0.05) is 36.4 Å². The van der Waals surface area contributed by atoms with Crippen LogP contribution in [0.2, 0.25) is 0 Å². The third-order valence-electron chi connectivity index (χ3n) is 6.26. The van der Waals surface area contributed by atoms with Crippen LogP contribution in [0.3, 0.4) is 0 Å². The quantitative estimate of drug-likeness (QED) is 0.434. The number of hydrogen-bond acceptors (Lipinski definition) is 5. The third kappa shape index (κ3) is 5.73. The van der Waals surface area contributed by atoms with Crippen molar-refractivity contribution in [1.82, 2.24) is 25.0 Å². The molecule has 0 bridgehead atoms. The number of carbonyl (C=O) groups excluding carboxylic acids is 2. The Balaban J connectivity index is 1.12. The first-order chi connectivity index (χ1) is 17.1. The van der Waals surface area contributed by atoms with Crippen LogP contribution in [0, 0.1) is 0 Å². The normalized spacial score (nSPS) is 14.6. The van der Waals surface area contributed by atoms with Gasteiger partial charge in [0.1, 0.15) is 0 Å². The van der Waals surface area contributed by atoms with Crippen LogP contribution in [-0.4, -0.2) is 57.2 Å². The summed E-state index contributed by atoms with van der Waals surface area (Å²) in [5.41, 5.74) is 3.23. The molecule has 5 rings (SSSR count). The molecule has 0 aliphatic carbocycles. The minimum atomic E-state index is -0.129. The highest BCUT2D eigenvalue weighted by atomic mass is 16.2. The lowest BCUT2D eigenvalue weighted by atomic mass is 10.0. The molecular weight excluding hydrogens is 440 g/mol. The summed E-state index contributed by atoms with van der Waals surface area (Å²) in [6.07, 6.45) is 4.97. The topological polar surface area (TPSA) is 92.2 Å². The molecule has 1 fully saturated rings. The molecule has 178 valence electrons. The highest BCUT2D eigenvalue weighted by Crippen LogP contribution is 2.16. The van der Waals surface area contributed by atoms with Crippen molar-refractivity contribution >= 4 is 28.5 Å². The lowest BCUT2D eigenvalue weighted by Gasteiger charge is -2.31. The summed E-state index contributed by atoms with van der Waals surface area (Å²) >= 11 is 0. The number of aromatic nitrogens is 3. The van der Waals surface area contributed by atoms with E-state index in [4.69, 9.17) is 0 Å². The van der Waals surface area contributed by atoms with Crippen LogP contribution in [0.15, 0.2) is 79.1 Å². The molecule has 0 radical (unpaired) electrons. The van der Waals surface area contributed by atoms with Gasteiger partial charge < -0.3 is 10.6 Å². The van der Waals surface area contributed by atoms with Gasteiger partial charge in [0.2, 0.25) is 5.91 Å². The van der Waals surface area contributed by atoms with Crippen molar-refractivity contribution in [3.05, 3.63) is 90.3 Å². The molecule has 1 aliphatic heterocycles. The number of nitrogens with one attached hydrogen (secondary N) is 2. The fourth-order valence-electron chi connectivity index (χ4n) is 4.40. The number of likely N-dealkylation sites (tertiary alicyclic amines) is 1. The monoisotopic (exact) mass is 468 g/mol. The number of nitrogens with zero attached hydrogens (tertiary/aromatic N) is 4. The van der Waals surface area contributed by atoms with Crippen LogP contribution in [0.4, 0.5) is 5.69 Å². The highest BCUT2D eigenvalue weighted by Gasteiger charge is 2.23. The number of benzene rings is 2. The SMILES string of the molecule is O=C(CN1CCC(NC(=O)c2cnc3c(cnn3Cc3ccccc3)c2)CC1)Nc1ccccc1. The van der Waals surface area contributed by atoms with Gasteiger partial charge in [-0.1, -0.05) is 48.5 Å². The van der Waals surface area contributed by atoms with Crippen molar-refractivity contribution in [2.45, 2.75) is 25.4 Å². The maximum absolute atomic E-state index is 12.9. The molecule has 2 aromatic heterocycles. The van der Waals surface area contributed by atoms with E-state index in [-0.39, 0.29) is 17.9 Å². The predicted molar refractivity (Wildman–Crippen MR) is 135 cm³/mol. The number of hydrogen-bond donors (Lipinski definition) is 2. The molecule has 0 unspecified atom stereocenters. The molecule has 8 heteroatoms. The summed E-state index contributed by atoms with van der Waals surface area (Å²) in [6, 6.07) is 21.5. The van der Waals surface area contributed by atoms with Gasteiger partial charge in [0.05, 0.1) is 24.8 Å². The predicted octanol–water partition coefficient (Wildman–Crippen LogP) is 3.31. The number of piperidine rings is 1. The fourth-order valence-corrected chi connectivity index (χ4v) is 4.40. The van der Waals surface area contributed by atoms with E-state index in [2.05, 4.69) is 37.7 Å². The van der Waals surface area contributed by atoms with Crippen LogP contribution in [0.1, 0.15) is 28.8 Å². The molecular formula is C27H28N6O2. The zero-order valence-corrected chi connectivity index (χ0v) is 19.4. The number of carbonyl (C=O) groups is 2. The summed E-state index contributed by atoms with van der Waals surface area (Å²) in [4.78, 5) is 31.8. The number of pyridine rings is 1. The average molecular weight is 469 g/mol. The Labute approximate surface area is 204 Å². The lowest BCUT2D eigenvalue weighted by Crippen LogP contribution is -2.46. The molecule has 0 spiro atoms. The number of rotatable bonds is 7. The summed E-state index contributed by atoms with van der Waals surface area (Å²) in [6.45, 7) is 2.50. The standard InChI is InChI=1S/C27H28N6O2/c34-25(30-23-9-5-2-6-10-23)19-32-13-11-24(12-14-32)31-27(35)22-15-21-17-29-33(26(21)28-16-22)18-20-7-3-1-4-8-20/h1-10,15-17,24H,11-14,18-19H2,(H,30,34)(H,31,35). The van der Waals surface area contributed by atoms with E-state index in [1.807, 2.05) is 59.3 Å². The lowest BCUT2D eigenvalue weighted by molar-refractivity contribution is -0.117. The minimum absolute atomic E-state index is 0.0223. The summed E-state index contributed by atoms with van der Waals surface area (Å²) in [7, 11) is 0. The Hall–Kier alpha value is -4.04. The second-order valence-electron chi connectivity index (χ2n) is 8.86. The second kappa shape index (κ2) is 10.5. The Morgan fingerprint density at radius 3 is 2.40 bits per heavy atom. The Kier molecular flexibility index (Phi) is 6.81. The van der Waals surface area contributed by atoms with Gasteiger partial charge in [-0.25, -0.2) is 9.67 Å². The number of para-hydroxylation sites is 1. The molecule has 0 saturated carbocycles. The molecule has 1 saturated heterocycles. The minimum Gasteiger partial charge on any atom is -0.349 e. The molecule has 4 aromatic rings. The van der Waals surface area contributed by atoms with E-state index in [9.17, 15) is 9.59 Å². The van der Waals surface area contributed by atoms with Gasteiger partial charge in [0.25, 0.3) is 5.91 Å². The molecule has 3 heterocycles. The molecule has 2 aromatic carbocycles. The van der Waals surface area contributed by atoms with Crippen LogP contribution in [-0.2, 0) is 11.3 Å². The first-order valence-corrected chi connectivity index (χ1v) is 11.9. The molecule has 0 atom stereocenters. The Bertz CT molecular complexity index is 1300. The van der Waals surface area contributed by atoms with Gasteiger partial charge in [-0.3, -0.25) is 14.5 Å². The maximum atomic E-state index is 12.9. The highest BCUT2D eigenvalue weighted by molar-refractivity contribution is 5.97. The summed E-state index contributed by atoms with van der Waals surface area (Å²) < 4.78 is 1.84. The smallest absolute Gasteiger partial charge is 0.253 e. The fraction of sp³-hybridized carbons (Fsp3) is 0.259. The van der Waals surface area contributed by atoms with Gasteiger partial charge in [0.15, 0.2) is 5.65 Å². The van der Waals surface area contributed by atoms with Crippen LogP contribution < -0.4 is 10.6 Å². The summed E-state index contributed by atoms with van der Waals surface area (Å²) in [5, 5.41) is 11.3. The largest absolute Gasteiger partial charge is 0.349 e. The molecule has 2 amide bonds. The number of anilines is 1. The van der Waals surface area contributed by atoms with Gasteiger partial charge >= 0.3 is 0 Å². The van der Waals surface area contributed by atoms with Gasteiger partial charge in [-0.05, 0) is 36.6 Å². The van der Waals surface area contributed by atoms with Crippen molar-refractivity contribution < 1.29 is 9.59 Å². The van der Waals surface area contributed by atoms with E-state index >= 15 is 0 Å². The van der Waals surface area contributed by atoms with E-state index in [0.717, 1.165) is 48.2 Å². The zero-order chi connectivity index (χ0) is 24.0. The van der Waals surface area contributed by atoms with Crippen molar-refractivity contribution in [3.8, 4) is 0 Å². The first-order valence-electron chi connectivity index (χ1n) is 11.9. The average Bonchev–Trinajstić information content (AvgIpc) is 3.28. The van der Waals surface area contributed by atoms with E-state index < -0.39 is 0 Å². The van der Waals surface area contributed by atoms with E-state index in [0.29, 0.717) is 18.7 Å². The van der Waals surface area contributed by atoms with Crippen LogP contribution in [0.5, 0.6) is 0 Å². The zero-order valence-electron chi connectivity index (χ0n) is 19.4.